The van der Waals surface area contributed by atoms with Crippen molar-refractivity contribution in [2.24, 2.45) is 0 Å². The van der Waals surface area contributed by atoms with E-state index in [-0.39, 0.29) is 5.91 Å². The molecule has 0 fully saturated rings. The number of benzene rings is 2. The molecule has 3 aromatic heterocycles. The molecule has 29 heavy (non-hydrogen) atoms. The summed E-state index contributed by atoms with van der Waals surface area (Å²) in [5, 5.41) is 12.5. The largest absolute Gasteiger partial charge is 0.321 e. The van der Waals surface area contributed by atoms with E-state index in [1.807, 2.05) is 58.6 Å². The number of rotatable bonds is 4. The lowest BCUT2D eigenvalue weighted by atomic mass is 10.1. The number of hydrogen-bond donors (Lipinski definition) is 2. The van der Waals surface area contributed by atoms with E-state index in [2.05, 4.69) is 20.5 Å². The van der Waals surface area contributed by atoms with Crippen molar-refractivity contribution in [3.8, 4) is 22.5 Å². The number of fused-ring (bicyclic) bond motifs is 1. The minimum Gasteiger partial charge on any atom is -0.321 e. The third-order valence-electron chi connectivity index (χ3n) is 4.49. The Kier molecular flexibility index (Phi) is 4.38. The van der Waals surface area contributed by atoms with Gasteiger partial charge in [-0.3, -0.25) is 14.3 Å². The number of H-pyrrole nitrogens is 1. The second-order valence-corrected chi connectivity index (χ2v) is 7.73. The Balaban J connectivity index is 1.30. The fourth-order valence-corrected chi connectivity index (χ4v) is 3.82. The van der Waals surface area contributed by atoms with E-state index in [1.165, 1.54) is 0 Å². The second kappa shape index (κ2) is 7.20. The Morgan fingerprint density at radius 1 is 1.03 bits per heavy atom. The molecule has 0 aliphatic rings. The van der Waals surface area contributed by atoms with E-state index in [1.54, 1.807) is 29.5 Å². The fraction of sp³-hybridized carbons (Fsp3) is 0. The number of carbonyl (C=O) groups is 1. The molecule has 8 heteroatoms. The van der Waals surface area contributed by atoms with Crippen LogP contribution >= 0.6 is 22.9 Å². The average molecular weight is 420 g/mol. The van der Waals surface area contributed by atoms with Gasteiger partial charge in [-0.15, -0.1) is 11.3 Å². The molecular weight excluding hydrogens is 406 g/mol. The Hall–Kier alpha value is -3.42. The van der Waals surface area contributed by atoms with Gasteiger partial charge in [0.2, 0.25) is 0 Å². The summed E-state index contributed by atoms with van der Waals surface area (Å²) in [5.41, 5.74) is 4.54. The summed E-state index contributed by atoms with van der Waals surface area (Å²) in [7, 11) is 0. The number of halogens is 1. The van der Waals surface area contributed by atoms with Crippen molar-refractivity contribution in [3.63, 3.8) is 0 Å². The van der Waals surface area contributed by atoms with Crippen LogP contribution in [-0.4, -0.2) is 25.5 Å². The Labute approximate surface area is 174 Å². The number of nitrogens with one attached hydrogen (secondary N) is 2. The number of amides is 1. The van der Waals surface area contributed by atoms with E-state index in [9.17, 15) is 4.79 Å². The highest BCUT2D eigenvalue weighted by atomic mass is 35.5. The number of anilines is 1. The molecule has 3 heterocycles. The maximum absolute atomic E-state index is 12.5. The molecule has 6 nitrogen and oxygen atoms in total. The molecule has 0 aliphatic heterocycles. The van der Waals surface area contributed by atoms with Crippen LogP contribution in [-0.2, 0) is 0 Å². The second-order valence-electron chi connectivity index (χ2n) is 6.42. The van der Waals surface area contributed by atoms with Crippen LogP contribution in [0.1, 0.15) is 10.5 Å². The molecule has 5 aromatic rings. The SMILES string of the molecule is O=C(Nc1ccc(-c2cn3ccsc3n2)cc1)c1cc(-c2ccc(Cl)cc2)n[nH]1. The Bertz CT molecular complexity index is 1270. The van der Waals surface area contributed by atoms with Gasteiger partial charge in [0.05, 0.1) is 11.4 Å². The van der Waals surface area contributed by atoms with Gasteiger partial charge in [0, 0.05) is 39.6 Å². The minimum absolute atomic E-state index is 0.257. The lowest BCUT2D eigenvalue weighted by Gasteiger charge is -2.04. The van der Waals surface area contributed by atoms with E-state index >= 15 is 0 Å². The summed E-state index contributed by atoms with van der Waals surface area (Å²) < 4.78 is 1.99. The van der Waals surface area contributed by atoms with Crippen LogP contribution in [0, 0.1) is 0 Å². The van der Waals surface area contributed by atoms with Crippen LogP contribution in [0.15, 0.2) is 72.4 Å². The Morgan fingerprint density at radius 2 is 1.76 bits per heavy atom. The quantitative estimate of drug-likeness (QED) is 0.412. The van der Waals surface area contributed by atoms with Crippen LogP contribution in [0.2, 0.25) is 5.02 Å². The summed E-state index contributed by atoms with van der Waals surface area (Å²) >= 11 is 7.50. The molecular formula is C21H14ClN5OS. The van der Waals surface area contributed by atoms with Crippen molar-refractivity contribution >= 4 is 39.5 Å². The van der Waals surface area contributed by atoms with E-state index in [4.69, 9.17) is 11.6 Å². The van der Waals surface area contributed by atoms with Gasteiger partial charge in [-0.05, 0) is 30.3 Å². The van der Waals surface area contributed by atoms with Gasteiger partial charge in [-0.2, -0.15) is 5.10 Å². The van der Waals surface area contributed by atoms with E-state index < -0.39 is 0 Å². The molecule has 0 spiro atoms. The molecule has 0 radical (unpaired) electrons. The summed E-state index contributed by atoms with van der Waals surface area (Å²) in [6, 6.07) is 16.6. The first-order chi connectivity index (χ1) is 14.2. The van der Waals surface area contributed by atoms with Crippen LogP contribution < -0.4 is 5.32 Å². The van der Waals surface area contributed by atoms with Gasteiger partial charge in [0.15, 0.2) is 4.96 Å². The Morgan fingerprint density at radius 3 is 2.52 bits per heavy atom. The van der Waals surface area contributed by atoms with E-state index in [0.29, 0.717) is 22.1 Å². The zero-order valence-corrected chi connectivity index (χ0v) is 16.5. The standard InChI is InChI=1S/C21H14ClN5OS/c22-15-5-1-13(2-6-15)17-11-18(26-25-17)20(28)23-16-7-3-14(4-8-16)19-12-27-9-10-29-21(27)24-19/h1-12H,(H,23,28)(H,25,26). The van der Waals surface area contributed by atoms with Crippen LogP contribution in [0.4, 0.5) is 5.69 Å². The number of aromatic amines is 1. The van der Waals surface area contributed by atoms with Crippen molar-refractivity contribution < 1.29 is 4.79 Å². The topological polar surface area (TPSA) is 75.1 Å². The zero-order valence-electron chi connectivity index (χ0n) is 15.0. The number of carbonyl (C=O) groups excluding carboxylic acids is 1. The zero-order chi connectivity index (χ0) is 19.8. The van der Waals surface area contributed by atoms with Crippen molar-refractivity contribution in [2.45, 2.75) is 0 Å². The third kappa shape index (κ3) is 3.53. The molecule has 5 rings (SSSR count). The molecule has 0 atom stereocenters. The maximum atomic E-state index is 12.5. The van der Waals surface area contributed by atoms with Gasteiger partial charge < -0.3 is 5.32 Å². The molecule has 0 bridgehead atoms. The summed E-state index contributed by atoms with van der Waals surface area (Å²) in [6.07, 6.45) is 3.97. The highest BCUT2D eigenvalue weighted by molar-refractivity contribution is 7.15. The molecule has 2 N–H and O–H groups in total. The van der Waals surface area contributed by atoms with Crippen LogP contribution in [0.3, 0.4) is 0 Å². The molecule has 2 aromatic carbocycles. The van der Waals surface area contributed by atoms with Crippen molar-refractivity contribution in [2.75, 3.05) is 5.32 Å². The molecule has 142 valence electrons. The third-order valence-corrected chi connectivity index (χ3v) is 5.52. The molecule has 0 aliphatic carbocycles. The van der Waals surface area contributed by atoms with Gasteiger partial charge >= 0.3 is 0 Å². The van der Waals surface area contributed by atoms with Gasteiger partial charge in [0.1, 0.15) is 5.69 Å². The average Bonchev–Trinajstić information content (AvgIpc) is 3.45. The van der Waals surface area contributed by atoms with Gasteiger partial charge in [-0.25, -0.2) is 4.98 Å². The number of aromatic nitrogens is 4. The smallest absolute Gasteiger partial charge is 0.273 e. The number of nitrogens with zero attached hydrogens (tertiary/aromatic N) is 3. The summed E-state index contributed by atoms with van der Waals surface area (Å²) in [4.78, 5) is 18.1. The summed E-state index contributed by atoms with van der Waals surface area (Å²) in [5.74, 6) is -0.257. The van der Waals surface area contributed by atoms with Crippen LogP contribution in [0.5, 0.6) is 0 Å². The van der Waals surface area contributed by atoms with Crippen molar-refractivity contribution in [1.29, 1.82) is 0 Å². The molecule has 1 amide bonds. The number of imidazole rings is 1. The van der Waals surface area contributed by atoms with Gasteiger partial charge in [0.25, 0.3) is 5.91 Å². The molecule has 0 unspecified atom stereocenters. The first kappa shape index (κ1) is 17.7. The predicted octanol–water partition coefficient (Wildman–Crippen LogP) is 5.36. The van der Waals surface area contributed by atoms with Gasteiger partial charge in [-0.1, -0.05) is 35.9 Å². The highest BCUT2D eigenvalue weighted by Crippen LogP contribution is 2.24. The first-order valence-corrected chi connectivity index (χ1v) is 10.1. The first-order valence-electron chi connectivity index (χ1n) is 8.81. The maximum Gasteiger partial charge on any atom is 0.273 e. The number of hydrogen-bond acceptors (Lipinski definition) is 4. The monoisotopic (exact) mass is 419 g/mol. The fourth-order valence-electron chi connectivity index (χ4n) is 3.00. The number of thiazole rings is 1. The van der Waals surface area contributed by atoms with Crippen molar-refractivity contribution in [1.82, 2.24) is 19.6 Å². The highest BCUT2D eigenvalue weighted by Gasteiger charge is 2.12. The molecule has 0 saturated heterocycles. The minimum atomic E-state index is -0.257. The van der Waals surface area contributed by atoms with Crippen LogP contribution in [0.25, 0.3) is 27.5 Å². The lowest BCUT2D eigenvalue weighted by Crippen LogP contribution is -2.12. The summed E-state index contributed by atoms with van der Waals surface area (Å²) in [6.45, 7) is 0. The lowest BCUT2D eigenvalue weighted by molar-refractivity contribution is 0.102. The van der Waals surface area contributed by atoms with E-state index in [0.717, 1.165) is 21.8 Å². The predicted molar refractivity (Wildman–Crippen MR) is 115 cm³/mol. The normalized spacial score (nSPS) is 11.1. The molecule has 0 saturated carbocycles. The van der Waals surface area contributed by atoms with Crippen molar-refractivity contribution in [3.05, 3.63) is 83.1 Å².